The monoisotopic (exact) mass is 478 g/mol. The molecule has 4 N–H and O–H groups in total. The summed E-state index contributed by atoms with van der Waals surface area (Å²) in [5, 5.41) is 5.01. The number of aryl methyl sites for hydroxylation is 1. The highest BCUT2D eigenvalue weighted by Crippen LogP contribution is 2.28. The van der Waals surface area contributed by atoms with Gasteiger partial charge < -0.3 is 16.4 Å². The predicted octanol–water partition coefficient (Wildman–Crippen LogP) is 3.20. The van der Waals surface area contributed by atoms with E-state index in [4.69, 9.17) is 5.73 Å². The minimum absolute atomic E-state index is 0.268. The number of amides is 3. The molecule has 3 rings (SSSR count). The average Bonchev–Trinajstić information content (AvgIpc) is 2.88. The fourth-order valence-electron chi connectivity index (χ4n) is 3.57. The summed E-state index contributed by atoms with van der Waals surface area (Å²) < 4.78 is 51.5. The van der Waals surface area contributed by atoms with E-state index in [9.17, 15) is 31.9 Å². The lowest BCUT2D eigenvalue weighted by atomic mass is 9.97. The van der Waals surface area contributed by atoms with Gasteiger partial charge >= 0.3 is 6.18 Å². The van der Waals surface area contributed by atoms with E-state index < -0.39 is 61.1 Å². The first kappa shape index (κ1) is 24.9. The van der Waals surface area contributed by atoms with Crippen molar-refractivity contribution in [3.05, 3.63) is 65.0 Å². The molecule has 0 spiro atoms. The Hall–Kier alpha value is -3.76. The molecule has 3 amide bonds. The summed E-state index contributed by atoms with van der Waals surface area (Å²) in [4.78, 5) is 41.3. The number of rotatable bonds is 7. The van der Waals surface area contributed by atoms with Crippen molar-refractivity contribution in [3.63, 3.8) is 0 Å². The van der Waals surface area contributed by atoms with Crippen LogP contribution in [0.1, 0.15) is 36.0 Å². The lowest BCUT2D eigenvalue weighted by Gasteiger charge is -2.19. The Morgan fingerprint density at radius 1 is 1.18 bits per heavy atom. The van der Waals surface area contributed by atoms with Crippen LogP contribution in [0.25, 0.3) is 0 Å². The van der Waals surface area contributed by atoms with Gasteiger partial charge in [0.15, 0.2) is 0 Å². The third-order valence-corrected chi connectivity index (χ3v) is 5.27. The number of carbonyl (C=O) groups excluding carboxylic acids is 3. The largest absolute Gasteiger partial charge is 0.389 e. The molecular weight excluding hydrogens is 456 g/mol. The molecule has 7 nitrogen and oxygen atoms in total. The van der Waals surface area contributed by atoms with Gasteiger partial charge in [0.1, 0.15) is 5.82 Å². The van der Waals surface area contributed by atoms with Gasteiger partial charge in [-0.05, 0) is 43.2 Å². The second-order valence-corrected chi connectivity index (χ2v) is 7.90. The first-order chi connectivity index (χ1) is 15.9. The highest BCUT2D eigenvalue weighted by atomic mass is 19.4. The van der Waals surface area contributed by atoms with Crippen LogP contribution in [0.2, 0.25) is 0 Å². The SMILES string of the molecule is Cc1cccc2c1NC(=O)C(NC(=O)C(CCC(F)(F)F)CC(N)=O)N=C2c1ccc(F)cc1. The third kappa shape index (κ3) is 6.18. The zero-order valence-electron chi connectivity index (χ0n) is 18.1. The topological polar surface area (TPSA) is 114 Å². The predicted molar refractivity (Wildman–Crippen MR) is 116 cm³/mol. The number of nitrogens with one attached hydrogen (secondary N) is 2. The van der Waals surface area contributed by atoms with Crippen LogP contribution in [0.15, 0.2) is 47.5 Å². The number of benzene rings is 2. The van der Waals surface area contributed by atoms with E-state index >= 15 is 0 Å². The summed E-state index contributed by atoms with van der Waals surface area (Å²) in [6.45, 7) is 1.75. The zero-order valence-corrected chi connectivity index (χ0v) is 18.1. The van der Waals surface area contributed by atoms with Gasteiger partial charge in [-0.25, -0.2) is 9.38 Å². The standard InChI is InChI=1S/C23H22F4N4O3/c1-12-3-2-4-16-18(12)30-22(34)20(29-19(16)13-5-7-15(24)8-6-13)31-21(33)14(11-17(28)32)9-10-23(25,26)27/h2-8,14,20H,9-11H2,1H3,(H2,28,32)(H,30,34)(H,31,33). The maximum Gasteiger partial charge on any atom is 0.389 e. The number of anilines is 1. The van der Waals surface area contributed by atoms with Crippen LogP contribution >= 0.6 is 0 Å². The molecule has 1 aliphatic heterocycles. The molecule has 1 heterocycles. The van der Waals surface area contributed by atoms with Gasteiger partial charge in [0.05, 0.1) is 11.4 Å². The van der Waals surface area contributed by atoms with Crippen LogP contribution < -0.4 is 16.4 Å². The Kier molecular flexibility index (Phi) is 7.33. The number of hydrogen-bond donors (Lipinski definition) is 3. The lowest BCUT2D eigenvalue weighted by Crippen LogP contribution is -2.45. The summed E-state index contributed by atoms with van der Waals surface area (Å²) in [7, 11) is 0. The van der Waals surface area contributed by atoms with Crippen molar-refractivity contribution >= 4 is 29.1 Å². The molecule has 0 radical (unpaired) electrons. The number of halogens is 4. The van der Waals surface area contributed by atoms with Gasteiger partial charge in [0, 0.05) is 29.9 Å². The number of nitrogens with two attached hydrogens (primary N) is 1. The van der Waals surface area contributed by atoms with Crippen molar-refractivity contribution < 1.29 is 31.9 Å². The fourth-order valence-corrected chi connectivity index (χ4v) is 3.57. The fraction of sp³-hybridized carbons (Fsp3) is 0.304. The van der Waals surface area contributed by atoms with Gasteiger partial charge in [-0.1, -0.05) is 18.2 Å². The number of para-hydroxylation sites is 1. The number of benzodiazepines with no additional fused rings is 1. The van der Waals surface area contributed by atoms with Crippen LogP contribution in [-0.2, 0) is 14.4 Å². The molecule has 0 aliphatic carbocycles. The molecule has 1 aliphatic rings. The number of aliphatic imine (C=N–C) groups is 1. The van der Waals surface area contributed by atoms with E-state index in [1.165, 1.54) is 24.3 Å². The Bertz CT molecular complexity index is 1130. The molecule has 180 valence electrons. The maximum absolute atomic E-state index is 13.5. The van der Waals surface area contributed by atoms with Gasteiger partial charge in [-0.15, -0.1) is 0 Å². The van der Waals surface area contributed by atoms with Crippen LogP contribution in [-0.4, -0.2) is 35.8 Å². The second-order valence-electron chi connectivity index (χ2n) is 7.90. The van der Waals surface area contributed by atoms with E-state index in [0.29, 0.717) is 22.4 Å². The Morgan fingerprint density at radius 2 is 1.85 bits per heavy atom. The zero-order chi connectivity index (χ0) is 25.0. The van der Waals surface area contributed by atoms with Crippen LogP contribution in [0.4, 0.5) is 23.2 Å². The van der Waals surface area contributed by atoms with Crippen molar-refractivity contribution in [1.82, 2.24) is 5.32 Å². The summed E-state index contributed by atoms with van der Waals surface area (Å²) in [6, 6.07) is 10.5. The molecule has 2 aromatic rings. The molecule has 0 saturated heterocycles. The van der Waals surface area contributed by atoms with Crippen LogP contribution in [0.5, 0.6) is 0 Å². The second kappa shape index (κ2) is 10.0. The van der Waals surface area contributed by atoms with E-state index in [2.05, 4.69) is 15.6 Å². The van der Waals surface area contributed by atoms with Crippen molar-refractivity contribution in [2.24, 2.45) is 16.6 Å². The molecule has 0 aromatic heterocycles. The molecule has 0 bridgehead atoms. The number of fused-ring (bicyclic) bond motifs is 1. The van der Waals surface area contributed by atoms with E-state index in [-0.39, 0.29) is 5.71 Å². The summed E-state index contributed by atoms with van der Waals surface area (Å²) in [5.74, 6) is -4.53. The minimum atomic E-state index is -4.54. The highest BCUT2D eigenvalue weighted by molar-refractivity contribution is 6.20. The first-order valence-electron chi connectivity index (χ1n) is 10.3. The number of carbonyl (C=O) groups is 3. The smallest absolute Gasteiger partial charge is 0.370 e. The summed E-state index contributed by atoms with van der Waals surface area (Å²) in [5.41, 5.74) is 7.47. The van der Waals surface area contributed by atoms with Crippen molar-refractivity contribution in [3.8, 4) is 0 Å². The molecule has 11 heteroatoms. The Labute approximate surface area is 192 Å². The van der Waals surface area contributed by atoms with E-state index in [0.717, 1.165) is 0 Å². The number of hydrogen-bond acceptors (Lipinski definition) is 4. The molecular formula is C23H22F4N4O3. The van der Waals surface area contributed by atoms with E-state index in [1.807, 2.05) is 0 Å². The summed E-state index contributed by atoms with van der Waals surface area (Å²) in [6.07, 6.45) is -8.65. The van der Waals surface area contributed by atoms with Crippen molar-refractivity contribution in [2.75, 3.05) is 5.32 Å². The quantitative estimate of drug-likeness (QED) is 0.531. The molecule has 34 heavy (non-hydrogen) atoms. The first-order valence-corrected chi connectivity index (χ1v) is 10.3. The number of nitrogens with zero attached hydrogens (tertiary/aromatic N) is 1. The normalized spacial score (nSPS) is 16.6. The molecule has 2 atom stereocenters. The van der Waals surface area contributed by atoms with Gasteiger partial charge in [0.25, 0.3) is 5.91 Å². The Morgan fingerprint density at radius 3 is 2.47 bits per heavy atom. The maximum atomic E-state index is 13.5. The average molecular weight is 478 g/mol. The van der Waals surface area contributed by atoms with Gasteiger partial charge in [-0.2, -0.15) is 13.2 Å². The van der Waals surface area contributed by atoms with E-state index in [1.54, 1.807) is 25.1 Å². The van der Waals surface area contributed by atoms with Crippen molar-refractivity contribution in [1.29, 1.82) is 0 Å². The van der Waals surface area contributed by atoms with Crippen molar-refractivity contribution in [2.45, 2.75) is 38.5 Å². The number of primary amides is 1. The molecule has 0 fully saturated rings. The Balaban J connectivity index is 1.96. The molecule has 2 unspecified atom stereocenters. The number of alkyl halides is 3. The minimum Gasteiger partial charge on any atom is -0.370 e. The molecule has 2 aromatic carbocycles. The van der Waals surface area contributed by atoms with Crippen LogP contribution in [0, 0.1) is 18.7 Å². The highest BCUT2D eigenvalue weighted by Gasteiger charge is 2.34. The summed E-state index contributed by atoms with van der Waals surface area (Å²) >= 11 is 0. The van der Waals surface area contributed by atoms with Gasteiger partial charge in [-0.3, -0.25) is 14.4 Å². The molecule has 0 saturated carbocycles. The van der Waals surface area contributed by atoms with Crippen LogP contribution in [0.3, 0.4) is 0 Å². The van der Waals surface area contributed by atoms with Gasteiger partial charge in [0.2, 0.25) is 18.0 Å². The third-order valence-electron chi connectivity index (χ3n) is 5.27. The lowest BCUT2D eigenvalue weighted by molar-refractivity contribution is -0.143.